The SMILES string of the molecule is COc1cc2c(cc1OCCCC(=O)N1C[C@@H](CCl)c3c1cc(OP(=O)(O)O)c1ccccc31)N(C(=O)OCc1ccc(NC(=O)[C@H](C)NC(=O)[C@@H](NC(=O)CCOCCOCCOCCOCCOCCOCCOCCOCCNC(=O)CCN3C(=O)C=CC3=O)C(C)C)cc1)C(O)[C@@H]1Cc3ccccc3CC1C2=O. The van der Waals surface area contributed by atoms with Crippen molar-refractivity contribution >= 4 is 100 Å². The number of Topliss-reactive ketones (excluding diaryl/α,β-unsaturated/α-hetero) is 1. The van der Waals surface area contributed by atoms with E-state index in [1.54, 1.807) is 62.4 Å². The summed E-state index contributed by atoms with van der Waals surface area (Å²) < 4.78 is 79.1. The van der Waals surface area contributed by atoms with Gasteiger partial charge in [-0.3, -0.25) is 57.9 Å². The largest absolute Gasteiger partial charge is 0.524 e. The number of hydrogen-bond donors (Lipinski definition) is 7. The number of nitrogens with zero attached hydrogens (tertiary/aromatic N) is 3. The third kappa shape index (κ3) is 25.3. The standard InChI is InChI=1S/C78H99ClN7O25P/c1-50(2)73(83-68(88)22-26-101-28-30-103-32-34-105-36-38-107-40-41-108-39-37-106-35-33-104-31-29-102-27-23-80-67(87)21-24-84-70(90)19-20-71(84)91)76(94)81-51(3)75(93)82-56-17-15-52(16-18-56)49-110-78(96)86-62-45-66(65(100-4)44-61(62)74(92)59-42-53-10-5-6-11-54(53)43-60(59)77(86)95)109-25-9-14-69(89)85-48-55(47-79)72-58-13-8-7-12-57(58)64(46-63(72)85)111-112(97,98)99/h5-8,10-13,15-20,44-46,50-51,55,59-60,73,77,95H,9,14,21-43,47-49H2,1-4H3,(H,80,87)(H,81,94)(H,82,93)(H,83,88)(H2,97,98,99)/t51-,55+,59?,60+,73-,77?/m0/s1. The minimum atomic E-state index is -4.99. The molecule has 9 rings (SSSR count). The van der Waals surface area contributed by atoms with E-state index in [-0.39, 0.29) is 142 Å². The lowest BCUT2D eigenvalue weighted by molar-refractivity contribution is -0.137. The molecule has 34 heteroatoms. The van der Waals surface area contributed by atoms with Crippen LogP contribution in [0.4, 0.5) is 21.9 Å². The maximum atomic E-state index is 14.8. The number of amides is 8. The number of phosphoric ester groups is 1. The van der Waals surface area contributed by atoms with Crippen LogP contribution in [-0.4, -0.2) is 236 Å². The molecule has 7 N–H and O–H groups in total. The molecule has 112 heavy (non-hydrogen) atoms. The molecule has 0 bridgehead atoms. The highest BCUT2D eigenvalue weighted by atomic mass is 35.5. The molecule has 0 aromatic heterocycles. The van der Waals surface area contributed by atoms with E-state index in [9.17, 15) is 62.6 Å². The Morgan fingerprint density at radius 3 is 1.76 bits per heavy atom. The van der Waals surface area contributed by atoms with Crippen molar-refractivity contribution in [3.63, 3.8) is 0 Å². The Hall–Kier alpha value is -8.99. The number of alkyl halides is 1. The number of fused-ring (bicyclic) bond motifs is 6. The summed E-state index contributed by atoms with van der Waals surface area (Å²) in [7, 11) is -3.59. The van der Waals surface area contributed by atoms with E-state index in [0.717, 1.165) is 26.5 Å². The third-order valence-electron chi connectivity index (χ3n) is 18.9. The van der Waals surface area contributed by atoms with Crippen molar-refractivity contribution in [2.75, 3.05) is 160 Å². The van der Waals surface area contributed by atoms with Gasteiger partial charge >= 0.3 is 13.9 Å². The zero-order valence-electron chi connectivity index (χ0n) is 63.1. The molecule has 3 heterocycles. The molecule has 608 valence electrons. The number of nitrogens with one attached hydrogen (secondary N) is 4. The van der Waals surface area contributed by atoms with Crippen LogP contribution in [0.2, 0.25) is 0 Å². The van der Waals surface area contributed by atoms with E-state index in [1.807, 2.05) is 24.3 Å². The molecule has 0 radical (unpaired) electrons. The van der Waals surface area contributed by atoms with E-state index in [2.05, 4.69) is 21.3 Å². The Labute approximate surface area is 653 Å². The summed E-state index contributed by atoms with van der Waals surface area (Å²) in [6.45, 7) is 10.5. The molecular weight excluding hydrogens is 1500 g/mol. The van der Waals surface area contributed by atoms with Gasteiger partial charge in [-0.1, -0.05) is 74.5 Å². The van der Waals surface area contributed by atoms with Crippen molar-refractivity contribution in [1.29, 1.82) is 0 Å². The quantitative estimate of drug-likeness (QED) is 0.0100. The average molecular weight is 1600 g/mol. The first-order valence-electron chi connectivity index (χ1n) is 37.2. The molecule has 0 fully saturated rings. The predicted octanol–water partition coefficient (Wildman–Crippen LogP) is 6.08. The lowest BCUT2D eigenvalue weighted by atomic mass is 9.72. The summed E-state index contributed by atoms with van der Waals surface area (Å²) >= 11 is 6.45. The predicted molar refractivity (Wildman–Crippen MR) is 408 cm³/mol. The van der Waals surface area contributed by atoms with Crippen molar-refractivity contribution in [3.8, 4) is 17.2 Å². The monoisotopic (exact) mass is 1600 g/mol. The van der Waals surface area contributed by atoms with Gasteiger partial charge in [-0.2, -0.15) is 0 Å². The van der Waals surface area contributed by atoms with E-state index in [0.29, 0.717) is 127 Å². The number of methoxy groups -OCH3 is 1. The second kappa shape index (κ2) is 43.9. The number of hydrogen-bond acceptors (Lipinski definition) is 23. The summed E-state index contributed by atoms with van der Waals surface area (Å²) in [5, 5.41) is 24.3. The van der Waals surface area contributed by atoms with Crippen molar-refractivity contribution in [2.45, 2.75) is 90.1 Å². The molecule has 1 aliphatic carbocycles. The fourth-order valence-electron chi connectivity index (χ4n) is 13.1. The maximum Gasteiger partial charge on any atom is 0.524 e. The van der Waals surface area contributed by atoms with Crippen LogP contribution in [0.3, 0.4) is 0 Å². The van der Waals surface area contributed by atoms with E-state index in [1.165, 1.54) is 49.3 Å². The molecule has 4 aliphatic rings. The molecule has 0 spiro atoms. The minimum absolute atomic E-state index is 0.00697. The molecule has 0 saturated carbocycles. The Morgan fingerprint density at radius 2 is 1.18 bits per heavy atom. The molecule has 6 atom stereocenters. The molecule has 5 aromatic carbocycles. The third-order valence-corrected chi connectivity index (χ3v) is 19.7. The number of aliphatic hydroxyl groups is 1. The minimum Gasteiger partial charge on any atom is -0.493 e. The van der Waals surface area contributed by atoms with Crippen LogP contribution in [0.5, 0.6) is 17.2 Å². The summed E-state index contributed by atoms with van der Waals surface area (Å²) in [6, 6.07) is 23.3. The summed E-state index contributed by atoms with van der Waals surface area (Å²) in [4.78, 5) is 141. The van der Waals surface area contributed by atoms with Gasteiger partial charge in [0.2, 0.25) is 29.5 Å². The van der Waals surface area contributed by atoms with Gasteiger partial charge in [0, 0.05) is 103 Å². The normalized spacial score (nSPS) is 17.0. The van der Waals surface area contributed by atoms with Gasteiger partial charge in [0.15, 0.2) is 17.3 Å². The van der Waals surface area contributed by atoms with E-state index < -0.39 is 73.6 Å². The van der Waals surface area contributed by atoms with Crippen molar-refractivity contribution in [2.24, 2.45) is 17.8 Å². The maximum absolute atomic E-state index is 14.8. The van der Waals surface area contributed by atoms with Crippen molar-refractivity contribution < 1.29 is 119 Å². The zero-order chi connectivity index (χ0) is 80.1. The fraction of sp³-hybridized carbons (Fsp3) is 0.500. The molecule has 2 unspecified atom stereocenters. The zero-order valence-corrected chi connectivity index (χ0v) is 64.8. The number of ketones is 1. The van der Waals surface area contributed by atoms with Crippen LogP contribution < -0.4 is 45.1 Å². The van der Waals surface area contributed by atoms with Crippen LogP contribution in [0.1, 0.15) is 85.0 Å². The molecule has 8 amide bonds. The number of benzene rings is 5. The van der Waals surface area contributed by atoms with Crippen LogP contribution in [-0.2, 0) is 100 Å². The molecule has 3 aliphatic heterocycles. The molecule has 0 saturated heterocycles. The molecule has 5 aromatic rings. The number of carbonyl (C=O) groups excluding carboxylic acids is 9. The van der Waals surface area contributed by atoms with Crippen LogP contribution in [0, 0.1) is 17.8 Å². The van der Waals surface area contributed by atoms with Gasteiger partial charge in [-0.05, 0) is 77.9 Å². The number of carbonyl (C=O) groups is 9. The average Bonchev–Trinajstić information content (AvgIpc) is 1.56. The summed E-state index contributed by atoms with van der Waals surface area (Å²) in [5.41, 5.74) is 3.96. The van der Waals surface area contributed by atoms with Gasteiger partial charge in [0.05, 0.1) is 131 Å². The highest BCUT2D eigenvalue weighted by Crippen LogP contribution is 2.50. The highest BCUT2D eigenvalue weighted by Gasteiger charge is 2.47. The van der Waals surface area contributed by atoms with Crippen LogP contribution in [0.15, 0.2) is 103 Å². The number of imide groups is 1. The first-order valence-corrected chi connectivity index (χ1v) is 39.3. The van der Waals surface area contributed by atoms with Crippen LogP contribution in [0.25, 0.3) is 10.8 Å². The number of aliphatic hydroxyl groups excluding tert-OH is 1. The van der Waals surface area contributed by atoms with Crippen LogP contribution >= 0.6 is 19.4 Å². The topological polar surface area (TPSA) is 400 Å². The number of rotatable bonds is 47. The lowest BCUT2D eigenvalue weighted by Crippen LogP contribution is -2.53. The van der Waals surface area contributed by atoms with E-state index >= 15 is 0 Å². The Kier molecular flexibility index (Phi) is 34.1. The number of anilines is 3. The molecular formula is C78H99ClN7O25P. The van der Waals surface area contributed by atoms with Gasteiger partial charge in [0.25, 0.3) is 11.8 Å². The van der Waals surface area contributed by atoms with E-state index in [4.69, 9.17) is 68.2 Å². The fourth-order valence-corrected chi connectivity index (χ4v) is 13.8. The number of phosphoric acid groups is 1. The second-order valence-corrected chi connectivity index (χ2v) is 28.5. The van der Waals surface area contributed by atoms with Gasteiger partial charge < -0.3 is 87.9 Å². The van der Waals surface area contributed by atoms with Gasteiger partial charge in [-0.15, -0.1) is 11.6 Å². The van der Waals surface area contributed by atoms with Gasteiger partial charge in [0.1, 0.15) is 30.7 Å². The Morgan fingerprint density at radius 1 is 0.616 bits per heavy atom. The number of halogens is 1. The smallest absolute Gasteiger partial charge is 0.493 e. The molecule has 32 nitrogen and oxygen atoms in total. The first kappa shape index (κ1) is 87.0. The first-order chi connectivity index (χ1) is 54.0. The summed E-state index contributed by atoms with van der Waals surface area (Å²) in [5.74, 6) is -5.13. The Bertz CT molecular complexity index is 4110. The van der Waals surface area contributed by atoms with Crippen molar-refractivity contribution in [3.05, 3.63) is 131 Å². The lowest BCUT2D eigenvalue weighted by Gasteiger charge is -2.36. The summed E-state index contributed by atoms with van der Waals surface area (Å²) in [6.07, 6.45) is 0.493. The second-order valence-electron chi connectivity index (χ2n) is 27.0. The van der Waals surface area contributed by atoms with Gasteiger partial charge in [-0.25, -0.2) is 9.36 Å². The Balaban J connectivity index is 0.637. The number of ether oxygens (including phenoxy) is 11. The van der Waals surface area contributed by atoms with Crippen molar-refractivity contribution in [1.82, 2.24) is 20.9 Å². The highest BCUT2D eigenvalue weighted by molar-refractivity contribution is 7.46.